The molecule has 0 saturated carbocycles. The Morgan fingerprint density at radius 1 is 1.06 bits per heavy atom. The van der Waals surface area contributed by atoms with Gasteiger partial charge < -0.3 is 13.9 Å². The Labute approximate surface area is 102 Å². The van der Waals surface area contributed by atoms with Crippen LogP contribution in [-0.4, -0.2) is 5.11 Å². The van der Waals surface area contributed by atoms with Crippen LogP contribution in [0.1, 0.15) is 17.4 Å². The van der Waals surface area contributed by atoms with Gasteiger partial charge in [-0.1, -0.05) is 12.1 Å². The van der Waals surface area contributed by atoms with Crippen LogP contribution in [0.25, 0.3) is 11.0 Å². The predicted molar refractivity (Wildman–Crippen MR) is 65.3 cm³/mol. The summed E-state index contributed by atoms with van der Waals surface area (Å²) in [7, 11) is 0. The van der Waals surface area contributed by atoms with Crippen molar-refractivity contribution in [2.45, 2.75) is 6.10 Å². The number of rotatable bonds is 2. The molecule has 0 fully saturated rings. The lowest BCUT2D eigenvalue weighted by atomic mass is 10.1. The summed E-state index contributed by atoms with van der Waals surface area (Å²) in [5.74, 6) is 0.317. The number of hydrogen-bond acceptors (Lipinski definition) is 4. The maximum atomic E-state index is 12.2. The molecule has 2 aromatic heterocycles. The molecule has 1 atom stereocenters. The first-order chi connectivity index (χ1) is 8.77. The molecule has 3 aromatic rings. The molecule has 0 spiro atoms. The Hall–Kier alpha value is -2.33. The van der Waals surface area contributed by atoms with Crippen molar-refractivity contribution >= 4 is 11.0 Å². The van der Waals surface area contributed by atoms with Crippen molar-refractivity contribution in [3.05, 3.63) is 70.5 Å². The quantitative estimate of drug-likeness (QED) is 0.749. The Kier molecular flexibility index (Phi) is 2.50. The average molecular weight is 242 g/mol. The number of furan rings is 1. The van der Waals surface area contributed by atoms with Crippen LogP contribution in [-0.2, 0) is 0 Å². The van der Waals surface area contributed by atoms with Crippen LogP contribution in [0.15, 0.2) is 62.6 Å². The molecule has 0 aliphatic rings. The van der Waals surface area contributed by atoms with Crippen LogP contribution < -0.4 is 5.43 Å². The molecule has 0 saturated heterocycles. The Morgan fingerprint density at radius 3 is 2.67 bits per heavy atom. The zero-order valence-corrected chi connectivity index (χ0v) is 9.37. The van der Waals surface area contributed by atoms with Crippen molar-refractivity contribution in [3.8, 4) is 0 Å². The second-order valence-electron chi connectivity index (χ2n) is 3.93. The summed E-state index contributed by atoms with van der Waals surface area (Å²) in [6.07, 6.45) is 1.61. The van der Waals surface area contributed by atoms with E-state index in [1.54, 1.807) is 36.4 Å². The van der Waals surface area contributed by atoms with Gasteiger partial charge in [0.1, 0.15) is 23.7 Å². The van der Waals surface area contributed by atoms with Crippen LogP contribution in [0, 0.1) is 0 Å². The minimum absolute atomic E-state index is 0.170. The second kappa shape index (κ2) is 4.16. The molecule has 0 amide bonds. The summed E-state index contributed by atoms with van der Waals surface area (Å²) in [5.41, 5.74) is 0.419. The van der Waals surface area contributed by atoms with E-state index in [1.165, 1.54) is 12.5 Å². The SMILES string of the molecule is O=c1c(C(O)c2ccco2)coc2ccccc12. The molecular formula is C14H10O4. The van der Waals surface area contributed by atoms with Gasteiger partial charge in [-0.3, -0.25) is 4.79 Å². The topological polar surface area (TPSA) is 63.6 Å². The van der Waals surface area contributed by atoms with Crippen molar-refractivity contribution in [2.24, 2.45) is 0 Å². The van der Waals surface area contributed by atoms with Crippen molar-refractivity contribution in [2.75, 3.05) is 0 Å². The van der Waals surface area contributed by atoms with E-state index in [-0.39, 0.29) is 11.0 Å². The molecule has 0 aliphatic carbocycles. The first kappa shape index (κ1) is 10.8. The summed E-state index contributed by atoms with van der Waals surface area (Å²) in [6, 6.07) is 10.2. The standard InChI is InChI=1S/C14H10O4/c15-13-9-4-1-2-5-11(9)18-8-10(13)14(16)12-6-3-7-17-12/h1-8,14,16H. The minimum Gasteiger partial charge on any atom is -0.466 e. The van der Waals surface area contributed by atoms with Gasteiger partial charge in [-0.05, 0) is 24.3 Å². The van der Waals surface area contributed by atoms with E-state index in [0.29, 0.717) is 16.7 Å². The third kappa shape index (κ3) is 1.63. The fraction of sp³-hybridized carbons (Fsp3) is 0.0714. The summed E-state index contributed by atoms with van der Waals surface area (Å²) in [4.78, 5) is 12.2. The normalized spacial score (nSPS) is 12.7. The van der Waals surface area contributed by atoms with Crippen molar-refractivity contribution < 1.29 is 13.9 Å². The minimum atomic E-state index is -1.11. The van der Waals surface area contributed by atoms with Gasteiger partial charge in [0.2, 0.25) is 0 Å². The Bertz CT molecular complexity index is 725. The number of para-hydroxylation sites is 1. The molecule has 0 aliphatic heterocycles. The maximum absolute atomic E-state index is 12.2. The number of hydrogen-bond donors (Lipinski definition) is 1. The van der Waals surface area contributed by atoms with Gasteiger partial charge in [-0.2, -0.15) is 0 Å². The average Bonchev–Trinajstić information content (AvgIpc) is 2.93. The van der Waals surface area contributed by atoms with Crippen LogP contribution >= 0.6 is 0 Å². The fourth-order valence-electron chi connectivity index (χ4n) is 1.88. The van der Waals surface area contributed by atoms with Gasteiger partial charge in [-0.15, -0.1) is 0 Å². The van der Waals surface area contributed by atoms with E-state index in [4.69, 9.17) is 8.83 Å². The van der Waals surface area contributed by atoms with Crippen LogP contribution in [0.5, 0.6) is 0 Å². The molecule has 1 aromatic carbocycles. The van der Waals surface area contributed by atoms with E-state index < -0.39 is 6.10 Å². The van der Waals surface area contributed by atoms with Crippen molar-refractivity contribution in [3.63, 3.8) is 0 Å². The largest absolute Gasteiger partial charge is 0.466 e. The summed E-state index contributed by atoms with van der Waals surface area (Å²) in [5, 5.41) is 10.5. The smallest absolute Gasteiger partial charge is 0.198 e. The van der Waals surface area contributed by atoms with Gasteiger partial charge in [0.05, 0.1) is 17.2 Å². The zero-order chi connectivity index (χ0) is 12.5. The summed E-state index contributed by atoms with van der Waals surface area (Å²) in [6.45, 7) is 0. The number of fused-ring (bicyclic) bond motifs is 1. The van der Waals surface area contributed by atoms with E-state index >= 15 is 0 Å². The van der Waals surface area contributed by atoms with E-state index in [0.717, 1.165) is 0 Å². The molecule has 2 heterocycles. The molecule has 0 radical (unpaired) electrons. The highest BCUT2D eigenvalue weighted by Gasteiger charge is 2.18. The van der Waals surface area contributed by atoms with Crippen molar-refractivity contribution in [1.82, 2.24) is 0 Å². The third-order valence-corrected chi connectivity index (χ3v) is 2.81. The molecule has 3 rings (SSSR count). The molecule has 90 valence electrons. The molecule has 4 heteroatoms. The molecular weight excluding hydrogens is 232 g/mol. The number of benzene rings is 1. The van der Waals surface area contributed by atoms with Crippen LogP contribution in [0.2, 0.25) is 0 Å². The Morgan fingerprint density at radius 2 is 1.89 bits per heavy atom. The first-order valence-corrected chi connectivity index (χ1v) is 5.49. The van der Waals surface area contributed by atoms with Gasteiger partial charge in [-0.25, -0.2) is 0 Å². The zero-order valence-electron chi connectivity index (χ0n) is 9.37. The van der Waals surface area contributed by atoms with Crippen LogP contribution in [0.4, 0.5) is 0 Å². The number of aliphatic hydroxyl groups is 1. The van der Waals surface area contributed by atoms with Crippen LogP contribution in [0.3, 0.4) is 0 Å². The van der Waals surface area contributed by atoms with Gasteiger partial charge in [0.15, 0.2) is 5.43 Å². The number of aliphatic hydroxyl groups excluding tert-OH is 1. The van der Waals surface area contributed by atoms with Crippen molar-refractivity contribution in [1.29, 1.82) is 0 Å². The highest BCUT2D eigenvalue weighted by atomic mass is 16.4. The van der Waals surface area contributed by atoms with E-state index in [2.05, 4.69) is 0 Å². The highest BCUT2D eigenvalue weighted by molar-refractivity contribution is 5.76. The lowest BCUT2D eigenvalue weighted by molar-refractivity contribution is 0.186. The maximum Gasteiger partial charge on any atom is 0.198 e. The second-order valence-corrected chi connectivity index (χ2v) is 3.93. The highest BCUT2D eigenvalue weighted by Crippen LogP contribution is 2.21. The van der Waals surface area contributed by atoms with Gasteiger partial charge >= 0.3 is 0 Å². The Balaban J connectivity index is 2.19. The molecule has 1 unspecified atom stereocenters. The lowest BCUT2D eigenvalue weighted by Crippen LogP contribution is -2.13. The monoisotopic (exact) mass is 242 g/mol. The summed E-state index contributed by atoms with van der Waals surface area (Å²) >= 11 is 0. The predicted octanol–water partition coefficient (Wildman–Crippen LogP) is 2.47. The third-order valence-electron chi connectivity index (χ3n) is 2.81. The molecule has 1 N–H and O–H groups in total. The summed E-state index contributed by atoms with van der Waals surface area (Å²) < 4.78 is 10.4. The molecule has 0 bridgehead atoms. The first-order valence-electron chi connectivity index (χ1n) is 5.49. The van der Waals surface area contributed by atoms with Gasteiger partial charge in [0.25, 0.3) is 0 Å². The molecule has 4 nitrogen and oxygen atoms in total. The lowest BCUT2D eigenvalue weighted by Gasteiger charge is -2.07. The molecule has 18 heavy (non-hydrogen) atoms. The van der Waals surface area contributed by atoms with E-state index in [9.17, 15) is 9.90 Å². The van der Waals surface area contributed by atoms with Gasteiger partial charge in [0, 0.05) is 0 Å². The fourth-order valence-corrected chi connectivity index (χ4v) is 1.88. The van der Waals surface area contributed by atoms with E-state index in [1.807, 2.05) is 0 Å².